The number of aromatic nitrogens is 1. The molecule has 0 aliphatic heterocycles. The molecule has 0 spiro atoms. The van der Waals surface area contributed by atoms with E-state index in [9.17, 15) is 19.2 Å². The van der Waals surface area contributed by atoms with Gasteiger partial charge in [-0.2, -0.15) is 0 Å². The number of ether oxygens (including phenoxy) is 1. The number of pyridine rings is 1. The van der Waals surface area contributed by atoms with Gasteiger partial charge in [-0.05, 0) is 62.4 Å². The first-order chi connectivity index (χ1) is 19.6. The van der Waals surface area contributed by atoms with E-state index in [1.54, 1.807) is 63.6 Å². The minimum atomic E-state index is -0.585. The van der Waals surface area contributed by atoms with E-state index in [-0.39, 0.29) is 41.0 Å². The first kappa shape index (κ1) is 29.7. The normalized spacial score (nSPS) is 16.7. The predicted molar refractivity (Wildman–Crippen MR) is 155 cm³/mol. The number of nitrogens with one attached hydrogen (secondary N) is 2. The fourth-order valence-electron chi connectivity index (χ4n) is 4.97. The first-order valence-corrected chi connectivity index (χ1v) is 13.7. The second-order valence-corrected chi connectivity index (χ2v) is 10.7. The summed E-state index contributed by atoms with van der Waals surface area (Å²) < 4.78 is 11.0. The van der Waals surface area contributed by atoms with Crippen molar-refractivity contribution in [2.45, 2.75) is 32.6 Å². The van der Waals surface area contributed by atoms with Crippen LogP contribution in [0.15, 0.2) is 40.9 Å². The topological polar surface area (TPSA) is 134 Å². The van der Waals surface area contributed by atoms with E-state index in [2.05, 4.69) is 15.6 Å². The minimum Gasteiger partial charge on any atom is -0.449 e. The Hall–Kier alpha value is -4.25. The summed E-state index contributed by atoms with van der Waals surface area (Å²) in [6.07, 6.45) is 3.95. The number of hydrogen-bond donors (Lipinski definition) is 2. The van der Waals surface area contributed by atoms with E-state index < -0.39 is 5.91 Å². The molecule has 2 heterocycles. The molecule has 0 saturated heterocycles. The van der Waals surface area contributed by atoms with Gasteiger partial charge in [0, 0.05) is 63.8 Å². The fourth-order valence-corrected chi connectivity index (χ4v) is 4.97. The molecule has 4 amide bonds. The number of likely N-dealkylation sites (N-methyl/N-ethyl adjacent to an activating group) is 1. The molecule has 4 rings (SSSR count). The van der Waals surface area contributed by atoms with Crippen molar-refractivity contribution in [3.63, 3.8) is 0 Å². The highest BCUT2D eigenvalue weighted by molar-refractivity contribution is 6.15. The van der Waals surface area contributed by atoms with Crippen molar-refractivity contribution in [1.82, 2.24) is 14.8 Å². The third kappa shape index (κ3) is 6.91. The number of hydrogen-bond acceptors (Lipinski definition) is 7. The van der Waals surface area contributed by atoms with Gasteiger partial charge in [-0.15, -0.1) is 0 Å². The number of methoxy groups -OCH3 is 1. The van der Waals surface area contributed by atoms with Crippen LogP contribution in [0.1, 0.15) is 52.2 Å². The maximum atomic E-state index is 13.5. The van der Waals surface area contributed by atoms with Crippen molar-refractivity contribution in [1.29, 1.82) is 0 Å². The van der Waals surface area contributed by atoms with Gasteiger partial charge in [0.25, 0.3) is 11.8 Å². The van der Waals surface area contributed by atoms with Gasteiger partial charge in [-0.3, -0.25) is 19.2 Å². The van der Waals surface area contributed by atoms with Crippen LogP contribution in [-0.4, -0.2) is 79.8 Å². The van der Waals surface area contributed by atoms with Gasteiger partial charge in [-0.1, -0.05) is 6.07 Å². The lowest BCUT2D eigenvalue weighted by molar-refractivity contribution is -0.135. The average molecular weight is 564 g/mol. The molecule has 0 bridgehead atoms. The van der Waals surface area contributed by atoms with Gasteiger partial charge in [-0.25, -0.2) is 4.98 Å². The van der Waals surface area contributed by atoms with E-state index in [4.69, 9.17) is 9.15 Å². The summed E-state index contributed by atoms with van der Waals surface area (Å²) in [5.74, 6) is -1.20. The number of carbonyl (C=O) groups is 4. The van der Waals surface area contributed by atoms with E-state index in [1.165, 1.54) is 4.90 Å². The van der Waals surface area contributed by atoms with Crippen LogP contribution in [0.5, 0.6) is 0 Å². The summed E-state index contributed by atoms with van der Waals surface area (Å²) in [6.45, 7) is 2.68. The molecule has 0 atom stereocenters. The molecule has 41 heavy (non-hydrogen) atoms. The van der Waals surface area contributed by atoms with Crippen LogP contribution in [0.2, 0.25) is 0 Å². The fraction of sp³-hybridized carbons (Fsp3) is 0.433. The van der Waals surface area contributed by atoms with Crippen molar-refractivity contribution >= 4 is 46.1 Å². The average Bonchev–Trinajstić information content (AvgIpc) is 3.33. The smallest absolute Gasteiger partial charge is 0.294 e. The molecule has 0 unspecified atom stereocenters. The van der Waals surface area contributed by atoms with E-state index in [1.807, 2.05) is 13.0 Å². The molecule has 11 heteroatoms. The Morgan fingerprint density at radius 3 is 2.34 bits per heavy atom. The van der Waals surface area contributed by atoms with Gasteiger partial charge in [0.1, 0.15) is 17.1 Å². The Kier molecular flexibility index (Phi) is 9.38. The minimum absolute atomic E-state index is 0.0704. The molecule has 218 valence electrons. The number of furan rings is 1. The SMILES string of the molecule is COCCN(C)C(=O)c1ccc2oc(C(=O)Nc3ccc(C)cn3)c(NC(=O)C3CCC(C(=O)N(C)C)CC3)c2c1. The van der Waals surface area contributed by atoms with Gasteiger partial charge in [0.05, 0.1) is 6.61 Å². The zero-order valence-corrected chi connectivity index (χ0v) is 24.2. The Morgan fingerprint density at radius 2 is 1.71 bits per heavy atom. The van der Waals surface area contributed by atoms with Crippen LogP contribution in [-0.2, 0) is 14.3 Å². The highest BCUT2D eigenvalue weighted by atomic mass is 16.5. The second-order valence-electron chi connectivity index (χ2n) is 10.7. The number of carbonyl (C=O) groups excluding carboxylic acids is 4. The van der Waals surface area contributed by atoms with Crippen molar-refractivity contribution in [2.24, 2.45) is 11.8 Å². The summed E-state index contributed by atoms with van der Waals surface area (Å²) in [6, 6.07) is 8.35. The number of benzene rings is 1. The summed E-state index contributed by atoms with van der Waals surface area (Å²) in [5, 5.41) is 6.08. The monoisotopic (exact) mass is 563 g/mol. The Labute approximate surface area is 239 Å². The van der Waals surface area contributed by atoms with Crippen LogP contribution < -0.4 is 10.6 Å². The summed E-state index contributed by atoms with van der Waals surface area (Å²) in [5.41, 5.74) is 1.85. The molecule has 1 fully saturated rings. The van der Waals surface area contributed by atoms with Gasteiger partial charge in [0.2, 0.25) is 17.6 Å². The molecule has 1 aliphatic rings. The van der Waals surface area contributed by atoms with Crippen LogP contribution in [0, 0.1) is 18.8 Å². The number of nitrogens with zero attached hydrogens (tertiary/aromatic N) is 3. The van der Waals surface area contributed by atoms with Crippen LogP contribution in [0.3, 0.4) is 0 Å². The van der Waals surface area contributed by atoms with Crippen LogP contribution >= 0.6 is 0 Å². The highest BCUT2D eigenvalue weighted by Crippen LogP contribution is 2.35. The van der Waals surface area contributed by atoms with E-state index in [0.29, 0.717) is 61.2 Å². The standard InChI is InChI=1S/C30H37N5O6/c1-18-6-13-24(31-17-18)32-28(37)26-25(33-27(36)19-7-9-20(10-8-19)29(38)34(2)3)22-16-21(11-12-23(22)41-26)30(39)35(4)14-15-40-5/h6,11-13,16-17,19-20H,7-10,14-15H2,1-5H3,(H,33,36)(H,31,32,37). The zero-order chi connectivity index (χ0) is 29.7. The summed E-state index contributed by atoms with van der Waals surface area (Å²) in [7, 11) is 6.71. The molecule has 2 N–H and O–H groups in total. The van der Waals surface area contributed by atoms with E-state index in [0.717, 1.165) is 5.56 Å². The summed E-state index contributed by atoms with van der Waals surface area (Å²) >= 11 is 0. The molecule has 1 aromatic carbocycles. The largest absolute Gasteiger partial charge is 0.449 e. The van der Waals surface area contributed by atoms with Gasteiger partial charge < -0.3 is 29.6 Å². The quantitative estimate of drug-likeness (QED) is 0.403. The number of aryl methyl sites for hydroxylation is 1. The molecule has 2 aromatic heterocycles. The molecular weight excluding hydrogens is 526 g/mol. The Morgan fingerprint density at radius 1 is 1.00 bits per heavy atom. The lowest BCUT2D eigenvalue weighted by Crippen LogP contribution is -2.35. The van der Waals surface area contributed by atoms with Crippen molar-refractivity contribution in [3.8, 4) is 0 Å². The van der Waals surface area contributed by atoms with Gasteiger partial charge >= 0.3 is 0 Å². The Balaban J connectivity index is 1.63. The maximum absolute atomic E-state index is 13.5. The van der Waals surface area contributed by atoms with Gasteiger partial charge in [0.15, 0.2) is 0 Å². The summed E-state index contributed by atoms with van der Waals surface area (Å²) in [4.78, 5) is 59.6. The molecule has 3 aromatic rings. The zero-order valence-electron chi connectivity index (χ0n) is 24.2. The number of rotatable bonds is 9. The van der Waals surface area contributed by atoms with Crippen molar-refractivity contribution in [3.05, 3.63) is 53.4 Å². The number of amides is 4. The lowest BCUT2D eigenvalue weighted by atomic mass is 9.81. The highest BCUT2D eigenvalue weighted by Gasteiger charge is 2.32. The number of anilines is 2. The molecule has 11 nitrogen and oxygen atoms in total. The van der Waals surface area contributed by atoms with Crippen molar-refractivity contribution in [2.75, 3.05) is 52.0 Å². The van der Waals surface area contributed by atoms with E-state index >= 15 is 0 Å². The molecular formula is C30H37N5O6. The molecule has 1 aliphatic carbocycles. The molecule has 1 saturated carbocycles. The lowest BCUT2D eigenvalue weighted by Gasteiger charge is -2.28. The maximum Gasteiger partial charge on any atom is 0.294 e. The Bertz CT molecular complexity index is 1420. The predicted octanol–water partition coefficient (Wildman–Crippen LogP) is 3.94. The van der Waals surface area contributed by atoms with Crippen molar-refractivity contribution < 1.29 is 28.3 Å². The van der Waals surface area contributed by atoms with Crippen LogP contribution in [0.4, 0.5) is 11.5 Å². The second kappa shape index (κ2) is 12.9. The first-order valence-electron chi connectivity index (χ1n) is 13.7. The third-order valence-corrected chi connectivity index (χ3v) is 7.41. The number of fused-ring (bicyclic) bond motifs is 1. The third-order valence-electron chi connectivity index (χ3n) is 7.41. The van der Waals surface area contributed by atoms with Crippen LogP contribution in [0.25, 0.3) is 11.0 Å². The molecule has 0 radical (unpaired) electrons.